The lowest BCUT2D eigenvalue weighted by Crippen LogP contribution is -2.42. The minimum atomic E-state index is -0.474. The Labute approximate surface area is 133 Å². The Hall–Kier alpha value is -1.89. The van der Waals surface area contributed by atoms with Crippen molar-refractivity contribution in [3.05, 3.63) is 18.2 Å². The molecule has 0 aliphatic carbocycles. The van der Waals surface area contributed by atoms with Gasteiger partial charge in [0.15, 0.2) is 11.5 Å². The molecule has 0 spiro atoms. The molecule has 1 atom stereocenters. The normalized spacial score (nSPS) is 14.6. The first-order chi connectivity index (χ1) is 10.6. The fourth-order valence-electron chi connectivity index (χ4n) is 1.89. The van der Waals surface area contributed by atoms with Gasteiger partial charge in [-0.25, -0.2) is 4.79 Å². The van der Waals surface area contributed by atoms with Crippen LogP contribution in [-0.2, 0) is 4.79 Å². The van der Waals surface area contributed by atoms with E-state index in [1.165, 1.54) is 11.8 Å². The summed E-state index contributed by atoms with van der Waals surface area (Å²) in [5.74, 6) is 1.09. The van der Waals surface area contributed by atoms with Crippen LogP contribution in [0.4, 0.5) is 4.79 Å². The average Bonchev–Trinajstić information content (AvgIpc) is 2.72. The third kappa shape index (κ3) is 4.56. The summed E-state index contributed by atoms with van der Waals surface area (Å²) < 4.78 is 11.2. The summed E-state index contributed by atoms with van der Waals surface area (Å²) in [5.41, 5.74) is 0. The van der Waals surface area contributed by atoms with Gasteiger partial charge >= 0.3 is 6.03 Å². The molecule has 0 saturated carbocycles. The Morgan fingerprint density at radius 1 is 1.27 bits per heavy atom. The minimum Gasteiger partial charge on any atom is -0.490 e. The second-order valence-electron chi connectivity index (χ2n) is 4.77. The third-order valence-electron chi connectivity index (χ3n) is 2.98. The number of hydrogen-bond donors (Lipinski definition) is 2. The van der Waals surface area contributed by atoms with Crippen molar-refractivity contribution in [1.82, 2.24) is 10.6 Å². The number of ether oxygens (including phenoxy) is 2. The fraction of sp³-hybridized carbons (Fsp3) is 0.467. The molecule has 1 aromatic rings. The molecule has 1 aromatic carbocycles. The van der Waals surface area contributed by atoms with Crippen LogP contribution in [0.1, 0.15) is 20.3 Å². The largest absolute Gasteiger partial charge is 0.490 e. The van der Waals surface area contributed by atoms with Crippen molar-refractivity contribution in [2.45, 2.75) is 30.4 Å². The second kappa shape index (κ2) is 7.93. The van der Waals surface area contributed by atoms with E-state index in [1.54, 1.807) is 13.8 Å². The monoisotopic (exact) mass is 324 g/mol. The number of carbonyl (C=O) groups excluding carboxylic acids is 2. The summed E-state index contributed by atoms with van der Waals surface area (Å²) in [4.78, 5) is 24.2. The SMILES string of the molecule is CCNC(=O)NC(=O)[C@@H](C)Sc1ccc2c(c1)OCCCO2. The Morgan fingerprint density at radius 2 is 2.00 bits per heavy atom. The number of imide groups is 1. The molecule has 0 aromatic heterocycles. The quantitative estimate of drug-likeness (QED) is 0.830. The number of amides is 3. The highest BCUT2D eigenvalue weighted by Crippen LogP contribution is 2.35. The Morgan fingerprint density at radius 3 is 2.73 bits per heavy atom. The van der Waals surface area contributed by atoms with E-state index < -0.39 is 11.3 Å². The van der Waals surface area contributed by atoms with Gasteiger partial charge in [0.2, 0.25) is 5.91 Å². The topological polar surface area (TPSA) is 76.7 Å². The van der Waals surface area contributed by atoms with Crippen LogP contribution in [0.25, 0.3) is 0 Å². The smallest absolute Gasteiger partial charge is 0.321 e. The van der Waals surface area contributed by atoms with E-state index in [9.17, 15) is 9.59 Å². The van der Waals surface area contributed by atoms with Crippen molar-refractivity contribution < 1.29 is 19.1 Å². The van der Waals surface area contributed by atoms with Gasteiger partial charge in [0.25, 0.3) is 0 Å². The van der Waals surface area contributed by atoms with Gasteiger partial charge in [-0.15, -0.1) is 11.8 Å². The van der Waals surface area contributed by atoms with Crippen LogP contribution in [0.3, 0.4) is 0 Å². The van der Waals surface area contributed by atoms with Crippen LogP contribution >= 0.6 is 11.8 Å². The highest BCUT2D eigenvalue weighted by Gasteiger charge is 2.18. The van der Waals surface area contributed by atoms with E-state index in [2.05, 4.69) is 10.6 Å². The number of carbonyl (C=O) groups is 2. The summed E-state index contributed by atoms with van der Waals surface area (Å²) in [5, 5.41) is 4.44. The molecule has 6 nitrogen and oxygen atoms in total. The summed E-state index contributed by atoms with van der Waals surface area (Å²) in [6.07, 6.45) is 0.850. The highest BCUT2D eigenvalue weighted by atomic mass is 32.2. The van der Waals surface area contributed by atoms with Crippen molar-refractivity contribution in [2.24, 2.45) is 0 Å². The molecule has 3 amide bonds. The number of rotatable bonds is 4. The van der Waals surface area contributed by atoms with Crippen LogP contribution in [0.2, 0.25) is 0 Å². The molecular formula is C15H20N2O4S. The standard InChI is InChI=1S/C15H20N2O4S/c1-3-16-15(19)17-14(18)10(2)22-11-5-6-12-13(9-11)21-8-4-7-20-12/h5-6,9-10H,3-4,7-8H2,1-2H3,(H2,16,17,18,19)/t10-/m1/s1. The molecule has 7 heteroatoms. The number of benzene rings is 1. The van der Waals surface area contributed by atoms with Crippen molar-refractivity contribution in [1.29, 1.82) is 0 Å². The van der Waals surface area contributed by atoms with Crippen LogP contribution in [0, 0.1) is 0 Å². The Bertz CT molecular complexity index is 550. The Kier molecular flexibility index (Phi) is 5.94. The molecule has 22 heavy (non-hydrogen) atoms. The molecular weight excluding hydrogens is 304 g/mol. The Balaban J connectivity index is 1.96. The molecule has 0 fully saturated rings. The first kappa shape index (κ1) is 16.5. The number of urea groups is 1. The first-order valence-electron chi connectivity index (χ1n) is 7.25. The van der Waals surface area contributed by atoms with Gasteiger partial charge in [-0.3, -0.25) is 10.1 Å². The fourth-order valence-corrected chi connectivity index (χ4v) is 2.79. The lowest BCUT2D eigenvalue weighted by molar-refractivity contribution is -0.119. The maximum atomic E-state index is 11.9. The van der Waals surface area contributed by atoms with Gasteiger partial charge in [-0.2, -0.15) is 0 Å². The van der Waals surface area contributed by atoms with E-state index in [0.29, 0.717) is 25.5 Å². The van der Waals surface area contributed by atoms with E-state index >= 15 is 0 Å². The van der Waals surface area contributed by atoms with Gasteiger partial charge in [-0.05, 0) is 32.0 Å². The van der Waals surface area contributed by atoms with Gasteiger partial charge in [0, 0.05) is 17.9 Å². The van der Waals surface area contributed by atoms with Gasteiger partial charge in [-0.1, -0.05) is 0 Å². The maximum Gasteiger partial charge on any atom is 0.321 e. The molecule has 0 saturated heterocycles. The molecule has 2 rings (SSSR count). The lowest BCUT2D eigenvalue weighted by atomic mass is 10.3. The predicted molar refractivity (Wildman–Crippen MR) is 84.6 cm³/mol. The second-order valence-corrected chi connectivity index (χ2v) is 6.18. The van der Waals surface area contributed by atoms with E-state index in [-0.39, 0.29) is 5.91 Å². The third-order valence-corrected chi connectivity index (χ3v) is 4.07. The molecule has 0 radical (unpaired) electrons. The van der Waals surface area contributed by atoms with E-state index in [0.717, 1.165) is 17.1 Å². The van der Waals surface area contributed by atoms with Crippen molar-refractivity contribution in [3.63, 3.8) is 0 Å². The number of nitrogens with one attached hydrogen (secondary N) is 2. The average molecular weight is 324 g/mol. The zero-order chi connectivity index (χ0) is 15.9. The first-order valence-corrected chi connectivity index (χ1v) is 8.13. The summed E-state index contributed by atoms with van der Waals surface area (Å²) in [6.45, 7) is 5.28. The predicted octanol–water partition coefficient (Wildman–Crippen LogP) is 2.17. The number of hydrogen-bond acceptors (Lipinski definition) is 5. The zero-order valence-corrected chi connectivity index (χ0v) is 13.5. The van der Waals surface area contributed by atoms with Crippen LogP contribution in [0.5, 0.6) is 11.5 Å². The number of thioether (sulfide) groups is 1. The van der Waals surface area contributed by atoms with Gasteiger partial charge in [0.1, 0.15) is 0 Å². The number of fused-ring (bicyclic) bond motifs is 1. The van der Waals surface area contributed by atoms with Crippen LogP contribution in [-0.4, -0.2) is 36.9 Å². The minimum absolute atomic E-state index is 0.330. The van der Waals surface area contributed by atoms with Crippen molar-refractivity contribution >= 4 is 23.7 Å². The van der Waals surface area contributed by atoms with Crippen LogP contribution in [0.15, 0.2) is 23.1 Å². The summed E-state index contributed by atoms with van der Waals surface area (Å²) in [6, 6.07) is 5.12. The molecule has 1 aliphatic heterocycles. The lowest BCUT2D eigenvalue weighted by Gasteiger charge is -2.13. The maximum absolute atomic E-state index is 11.9. The molecule has 1 heterocycles. The molecule has 2 N–H and O–H groups in total. The highest BCUT2D eigenvalue weighted by molar-refractivity contribution is 8.00. The summed E-state index contributed by atoms with van der Waals surface area (Å²) >= 11 is 1.36. The molecule has 0 unspecified atom stereocenters. The zero-order valence-electron chi connectivity index (χ0n) is 12.7. The van der Waals surface area contributed by atoms with Crippen molar-refractivity contribution in [2.75, 3.05) is 19.8 Å². The molecule has 0 bridgehead atoms. The van der Waals surface area contributed by atoms with Crippen LogP contribution < -0.4 is 20.1 Å². The summed E-state index contributed by atoms with van der Waals surface area (Å²) in [7, 11) is 0. The molecule has 120 valence electrons. The van der Waals surface area contributed by atoms with Gasteiger partial charge < -0.3 is 14.8 Å². The molecule has 1 aliphatic rings. The van der Waals surface area contributed by atoms with Crippen molar-refractivity contribution in [3.8, 4) is 11.5 Å². The van der Waals surface area contributed by atoms with E-state index in [1.807, 2.05) is 18.2 Å². The van der Waals surface area contributed by atoms with E-state index in [4.69, 9.17) is 9.47 Å². The van der Waals surface area contributed by atoms with Gasteiger partial charge in [0.05, 0.1) is 18.5 Å².